The minimum Gasteiger partial charge on any atom is -0.330 e. The smallest absolute Gasteiger partial charge is 0.0110 e. The van der Waals surface area contributed by atoms with Gasteiger partial charge in [-0.05, 0) is 51.1 Å². The summed E-state index contributed by atoms with van der Waals surface area (Å²) in [4.78, 5) is 2.78. The van der Waals surface area contributed by atoms with E-state index in [1.165, 1.54) is 51.5 Å². The molecule has 1 aliphatic heterocycles. The first-order valence-electron chi connectivity index (χ1n) is 7.68. The highest BCUT2D eigenvalue weighted by molar-refractivity contribution is 4.83. The summed E-state index contributed by atoms with van der Waals surface area (Å²) < 4.78 is 0. The molecule has 2 heteroatoms. The summed E-state index contributed by atoms with van der Waals surface area (Å²) in [6.07, 6.45) is 9.33. The van der Waals surface area contributed by atoms with Gasteiger partial charge in [-0.1, -0.05) is 33.6 Å². The molecule has 3 atom stereocenters. The minimum atomic E-state index is 0.766. The van der Waals surface area contributed by atoms with Crippen LogP contribution in [0.4, 0.5) is 0 Å². The zero-order valence-corrected chi connectivity index (χ0v) is 12.1. The summed E-state index contributed by atoms with van der Waals surface area (Å²) in [5.74, 6) is 0.861. The average molecular weight is 240 g/mol. The third kappa shape index (κ3) is 4.59. The number of piperidine rings is 1. The normalized spacial score (nSPS) is 25.8. The van der Waals surface area contributed by atoms with Gasteiger partial charge in [0.2, 0.25) is 0 Å². The van der Waals surface area contributed by atoms with Crippen LogP contribution in [0.3, 0.4) is 0 Å². The van der Waals surface area contributed by atoms with E-state index in [2.05, 4.69) is 25.7 Å². The van der Waals surface area contributed by atoms with Gasteiger partial charge in [-0.15, -0.1) is 0 Å². The van der Waals surface area contributed by atoms with Crippen LogP contribution in [-0.4, -0.2) is 30.1 Å². The summed E-state index contributed by atoms with van der Waals surface area (Å²) in [6.45, 7) is 9.21. The quantitative estimate of drug-likeness (QED) is 0.739. The van der Waals surface area contributed by atoms with E-state index in [0.29, 0.717) is 0 Å². The van der Waals surface area contributed by atoms with Gasteiger partial charge in [0.25, 0.3) is 0 Å². The van der Waals surface area contributed by atoms with E-state index in [-0.39, 0.29) is 0 Å². The Kier molecular flexibility index (Phi) is 7.14. The molecular formula is C15H32N2. The van der Waals surface area contributed by atoms with Crippen molar-refractivity contribution in [1.29, 1.82) is 0 Å². The van der Waals surface area contributed by atoms with Crippen LogP contribution >= 0.6 is 0 Å². The first kappa shape index (κ1) is 15.0. The van der Waals surface area contributed by atoms with Crippen LogP contribution < -0.4 is 5.73 Å². The zero-order chi connectivity index (χ0) is 12.7. The maximum Gasteiger partial charge on any atom is 0.0110 e. The molecule has 0 amide bonds. The molecule has 0 aromatic heterocycles. The van der Waals surface area contributed by atoms with Gasteiger partial charge in [0.15, 0.2) is 0 Å². The van der Waals surface area contributed by atoms with Crippen LogP contribution in [0.25, 0.3) is 0 Å². The molecule has 2 nitrogen and oxygen atoms in total. The van der Waals surface area contributed by atoms with Crippen molar-refractivity contribution >= 4 is 0 Å². The third-order valence-electron chi connectivity index (χ3n) is 4.48. The van der Waals surface area contributed by atoms with Crippen molar-refractivity contribution in [3.8, 4) is 0 Å². The molecule has 1 saturated heterocycles. The van der Waals surface area contributed by atoms with Gasteiger partial charge < -0.3 is 5.73 Å². The molecule has 1 fully saturated rings. The SMILES string of the molecule is CCC(C)CC(CC)N1CCCCC1CCN. The molecule has 0 spiro atoms. The molecular weight excluding hydrogens is 208 g/mol. The predicted octanol–water partition coefficient (Wildman–Crippen LogP) is 3.40. The summed E-state index contributed by atoms with van der Waals surface area (Å²) in [5, 5.41) is 0. The molecule has 0 aliphatic carbocycles. The fourth-order valence-electron chi connectivity index (χ4n) is 3.17. The molecule has 1 heterocycles. The van der Waals surface area contributed by atoms with E-state index in [4.69, 9.17) is 5.73 Å². The van der Waals surface area contributed by atoms with Crippen LogP contribution in [0.2, 0.25) is 0 Å². The number of rotatable bonds is 7. The predicted molar refractivity (Wildman–Crippen MR) is 76.2 cm³/mol. The molecule has 0 bridgehead atoms. The highest BCUT2D eigenvalue weighted by atomic mass is 15.2. The van der Waals surface area contributed by atoms with Gasteiger partial charge in [0.1, 0.15) is 0 Å². The highest BCUT2D eigenvalue weighted by Gasteiger charge is 2.27. The van der Waals surface area contributed by atoms with E-state index in [1.54, 1.807) is 0 Å². The van der Waals surface area contributed by atoms with Gasteiger partial charge in [-0.2, -0.15) is 0 Å². The second-order valence-electron chi connectivity index (χ2n) is 5.78. The Morgan fingerprint density at radius 2 is 2.00 bits per heavy atom. The van der Waals surface area contributed by atoms with Crippen molar-refractivity contribution in [3.63, 3.8) is 0 Å². The van der Waals surface area contributed by atoms with E-state index < -0.39 is 0 Å². The van der Waals surface area contributed by atoms with Crippen LogP contribution in [0, 0.1) is 5.92 Å². The Balaban J connectivity index is 2.56. The maximum atomic E-state index is 5.76. The lowest BCUT2D eigenvalue weighted by molar-refractivity contribution is 0.0743. The van der Waals surface area contributed by atoms with Gasteiger partial charge in [0, 0.05) is 12.1 Å². The fraction of sp³-hybridized carbons (Fsp3) is 1.00. The van der Waals surface area contributed by atoms with Crippen LogP contribution in [-0.2, 0) is 0 Å². The number of likely N-dealkylation sites (tertiary alicyclic amines) is 1. The second kappa shape index (κ2) is 8.10. The van der Waals surface area contributed by atoms with Gasteiger partial charge in [-0.3, -0.25) is 4.90 Å². The number of hydrogen-bond acceptors (Lipinski definition) is 2. The fourth-order valence-corrected chi connectivity index (χ4v) is 3.17. The van der Waals surface area contributed by atoms with E-state index in [0.717, 1.165) is 24.5 Å². The van der Waals surface area contributed by atoms with Crippen molar-refractivity contribution in [2.24, 2.45) is 11.7 Å². The molecule has 1 aliphatic rings. The Labute approximate surface area is 108 Å². The lowest BCUT2D eigenvalue weighted by atomic mass is 9.91. The average Bonchev–Trinajstić information content (AvgIpc) is 2.37. The van der Waals surface area contributed by atoms with E-state index in [1.807, 2.05) is 0 Å². The molecule has 0 aromatic carbocycles. The number of hydrogen-bond donors (Lipinski definition) is 1. The summed E-state index contributed by atoms with van der Waals surface area (Å²) in [5.41, 5.74) is 5.76. The number of nitrogens with zero attached hydrogens (tertiary/aromatic N) is 1. The van der Waals surface area contributed by atoms with Crippen LogP contribution in [0.1, 0.15) is 65.7 Å². The summed E-state index contributed by atoms with van der Waals surface area (Å²) in [7, 11) is 0. The lowest BCUT2D eigenvalue weighted by Gasteiger charge is -2.42. The monoisotopic (exact) mass is 240 g/mol. The van der Waals surface area contributed by atoms with Crippen molar-refractivity contribution in [2.75, 3.05) is 13.1 Å². The first-order chi connectivity index (χ1) is 8.22. The summed E-state index contributed by atoms with van der Waals surface area (Å²) >= 11 is 0. The first-order valence-corrected chi connectivity index (χ1v) is 7.68. The molecule has 0 radical (unpaired) electrons. The molecule has 3 unspecified atom stereocenters. The Morgan fingerprint density at radius 3 is 2.59 bits per heavy atom. The molecule has 2 N–H and O–H groups in total. The van der Waals surface area contributed by atoms with Gasteiger partial charge >= 0.3 is 0 Å². The lowest BCUT2D eigenvalue weighted by Crippen LogP contribution is -2.47. The highest BCUT2D eigenvalue weighted by Crippen LogP contribution is 2.26. The molecule has 17 heavy (non-hydrogen) atoms. The van der Waals surface area contributed by atoms with Crippen molar-refractivity contribution < 1.29 is 0 Å². The van der Waals surface area contributed by atoms with E-state index in [9.17, 15) is 0 Å². The Bertz CT molecular complexity index is 191. The molecule has 102 valence electrons. The third-order valence-corrected chi connectivity index (χ3v) is 4.48. The van der Waals surface area contributed by atoms with Crippen molar-refractivity contribution in [2.45, 2.75) is 77.8 Å². The minimum absolute atomic E-state index is 0.766. The van der Waals surface area contributed by atoms with Crippen LogP contribution in [0.5, 0.6) is 0 Å². The van der Waals surface area contributed by atoms with E-state index >= 15 is 0 Å². The standard InChI is InChI=1S/C15H32N2/c1-4-13(3)12-14(5-2)17-11-7-6-8-15(17)9-10-16/h13-15H,4-12,16H2,1-3H3. The Morgan fingerprint density at radius 1 is 1.24 bits per heavy atom. The van der Waals surface area contributed by atoms with Gasteiger partial charge in [0.05, 0.1) is 0 Å². The maximum absolute atomic E-state index is 5.76. The number of nitrogens with two attached hydrogens (primary N) is 1. The zero-order valence-electron chi connectivity index (χ0n) is 12.1. The van der Waals surface area contributed by atoms with Crippen molar-refractivity contribution in [3.05, 3.63) is 0 Å². The van der Waals surface area contributed by atoms with Crippen LogP contribution in [0.15, 0.2) is 0 Å². The second-order valence-corrected chi connectivity index (χ2v) is 5.78. The topological polar surface area (TPSA) is 29.3 Å². The molecule has 1 rings (SSSR count). The largest absolute Gasteiger partial charge is 0.330 e. The van der Waals surface area contributed by atoms with Crippen molar-refractivity contribution in [1.82, 2.24) is 4.90 Å². The Hall–Kier alpha value is -0.0800. The molecule has 0 saturated carbocycles. The molecule has 0 aromatic rings. The van der Waals surface area contributed by atoms with Gasteiger partial charge in [-0.25, -0.2) is 0 Å². The summed E-state index contributed by atoms with van der Waals surface area (Å²) in [6, 6.07) is 1.56.